The highest BCUT2D eigenvalue weighted by molar-refractivity contribution is 6.30. The van der Waals surface area contributed by atoms with Gasteiger partial charge in [0.25, 0.3) is 0 Å². The third-order valence-electron chi connectivity index (χ3n) is 3.36. The predicted molar refractivity (Wildman–Crippen MR) is 85.1 cm³/mol. The van der Waals surface area contributed by atoms with Gasteiger partial charge in [0.2, 0.25) is 17.6 Å². The molecule has 1 aliphatic heterocycles. The van der Waals surface area contributed by atoms with E-state index in [-0.39, 0.29) is 24.2 Å². The molecule has 2 heterocycles. The summed E-state index contributed by atoms with van der Waals surface area (Å²) in [6, 6.07) is 7.23. The lowest BCUT2D eigenvalue weighted by atomic mass is 10.0. The Morgan fingerprint density at radius 2 is 2.09 bits per heavy atom. The van der Waals surface area contributed by atoms with Crippen molar-refractivity contribution in [2.45, 2.75) is 6.42 Å². The first-order valence-electron chi connectivity index (χ1n) is 6.79. The zero-order valence-electron chi connectivity index (χ0n) is 11.7. The van der Waals surface area contributed by atoms with Crippen LogP contribution in [0.5, 0.6) is 0 Å². The second-order valence-electron chi connectivity index (χ2n) is 4.91. The summed E-state index contributed by atoms with van der Waals surface area (Å²) in [5.41, 5.74) is 0.846. The van der Waals surface area contributed by atoms with Gasteiger partial charge >= 0.3 is 0 Å². The minimum Gasteiger partial charge on any atom is -0.355 e. The lowest BCUT2D eigenvalue weighted by Gasteiger charge is -2.25. The van der Waals surface area contributed by atoms with Crippen LogP contribution in [0.1, 0.15) is 5.89 Å². The van der Waals surface area contributed by atoms with Crippen LogP contribution >= 0.6 is 24.0 Å². The van der Waals surface area contributed by atoms with Crippen molar-refractivity contribution in [3.63, 3.8) is 0 Å². The number of nitrogens with one attached hydrogen (secondary N) is 2. The Hall–Kier alpha value is -1.63. The third kappa shape index (κ3) is 3.97. The van der Waals surface area contributed by atoms with Crippen molar-refractivity contribution in [2.24, 2.45) is 5.92 Å². The molecule has 3 rings (SSSR count). The Kier molecular flexibility index (Phi) is 5.76. The molecule has 1 saturated heterocycles. The molecule has 118 valence electrons. The number of aromatic nitrogens is 2. The van der Waals surface area contributed by atoms with Gasteiger partial charge in [-0.05, 0) is 24.3 Å². The second kappa shape index (κ2) is 7.58. The maximum absolute atomic E-state index is 11.6. The largest absolute Gasteiger partial charge is 0.355 e. The summed E-state index contributed by atoms with van der Waals surface area (Å²) < 4.78 is 5.17. The van der Waals surface area contributed by atoms with Crippen LogP contribution in [-0.2, 0) is 11.2 Å². The highest BCUT2D eigenvalue weighted by atomic mass is 35.5. The lowest BCUT2D eigenvalue weighted by Crippen LogP contribution is -2.51. The summed E-state index contributed by atoms with van der Waals surface area (Å²) in [4.78, 5) is 15.9. The first kappa shape index (κ1) is 16.7. The van der Waals surface area contributed by atoms with Crippen molar-refractivity contribution >= 4 is 29.9 Å². The molecule has 1 fully saturated rings. The van der Waals surface area contributed by atoms with Gasteiger partial charge < -0.3 is 15.2 Å². The first-order chi connectivity index (χ1) is 10.2. The number of nitrogens with zero attached hydrogens (tertiary/aromatic N) is 2. The summed E-state index contributed by atoms with van der Waals surface area (Å²) in [5.74, 6) is 1.20. The van der Waals surface area contributed by atoms with Crippen LogP contribution in [-0.4, -0.2) is 35.7 Å². The van der Waals surface area contributed by atoms with E-state index in [1.807, 2.05) is 12.1 Å². The summed E-state index contributed by atoms with van der Waals surface area (Å²) in [5, 5.41) is 10.5. The molecule has 0 spiro atoms. The molecule has 0 saturated carbocycles. The number of hydrogen-bond acceptors (Lipinski definition) is 5. The molecule has 6 nitrogen and oxygen atoms in total. The normalized spacial score (nSPS) is 14.0. The van der Waals surface area contributed by atoms with Crippen molar-refractivity contribution in [1.29, 1.82) is 0 Å². The first-order valence-corrected chi connectivity index (χ1v) is 7.17. The Morgan fingerprint density at radius 1 is 1.36 bits per heavy atom. The van der Waals surface area contributed by atoms with Gasteiger partial charge in [0.15, 0.2) is 0 Å². The quantitative estimate of drug-likeness (QED) is 0.864. The van der Waals surface area contributed by atoms with E-state index in [1.54, 1.807) is 12.1 Å². The maximum atomic E-state index is 11.6. The van der Waals surface area contributed by atoms with E-state index in [1.165, 1.54) is 0 Å². The number of carbonyl (C=O) groups excluding carboxylic acids is 1. The Morgan fingerprint density at radius 3 is 2.73 bits per heavy atom. The molecule has 8 heteroatoms. The van der Waals surface area contributed by atoms with Crippen molar-refractivity contribution < 1.29 is 9.32 Å². The molecule has 0 unspecified atom stereocenters. The average molecular weight is 343 g/mol. The van der Waals surface area contributed by atoms with E-state index in [2.05, 4.69) is 20.8 Å². The Labute approximate surface area is 139 Å². The minimum atomic E-state index is 0. The fourth-order valence-corrected chi connectivity index (χ4v) is 2.11. The van der Waals surface area contributed by atoms with Gasteiger partial charge in [-0.15, -0.1) is 12.4 Å². The molecule has 2 N–H and O–H groups in total. The van der Waals surface area contributed by atoms with Gasteiger partial charge in [0, 0.05) is 36.6 Å². The van der Waals surface area contributed by atoms with Gasteiger partial charge in [0.05, 0.1) is 5.92 Å². The SMILES string of the molecule is Cl.O=C(NCCc1nc(-c2ccc(Cl)cc2)no1)C1CNC1. The highest BCUT2D eigenvalue weighted by Gasteiger charge is 2.24. The van der Waals surface area contributed by atoms with Crippen LogP contribution in [0, 0.1) is 5.92 Å². The molecule has 0 aliphatic carbocycles. The van der Waals surface area contributed by atoms with E-state index in [0.717, 1.165) is 18.7 Å². The average Bonchev–Trinajstić information content (AvgIpc) is 2.86. The minimum absolute atomic E-state index is 0. The number of benzene rings is 1. The van der Waals surface area contributed by atoms with Gasteiger partial charge in [-0.25, -0.2) is 0 Å². The van der Waals surface area contributed by atoms with Crippen molar-refractivity contribution in [3.8, 4) is 11.4 Å². The molecule has 0 radical (unpaired) electrons. The Bertz CT molecular complexity index is 626. The van der Waals surface area contributed by atoms with Gasteiger partial charge in [-0.3, -0.25) is 4.79 Å². The molecule has 1 aromatic carbocycles. The highest BCUT2D eigenvalue weighted by Crippen LogP contribution is 2.18. The smallest absolute Gasteiger partial charge is 0.228 e. The fraction of sp³-hybridized carbons (Fsp3) is 0.357. The van der Waals surface area contributed by atoms with Crippen LogP contribution < -0.4 is 10.6 Å². The number of carbonyl (C=O) groups is 1. The van der Waals surface area contributed by atoms with Crippen molar-refractivity contribution in [3.05, 3.63) is 35.2 Å². The van der Waals surface area contributed by atoms with E-state index < -0.39 is 0 Å². The topological polar surface area (TPSA) is 80.1 Å². The zero-order valence-corrected chi connectivity index (χ0v) is 13.3. The molecule has 1 aromatic heterocycles. The van der Waals surface area contributed by atoms with Crippen LogP contribution in [0.4, 0.5) is 0 Å². The predicted octanol–water partition coefficient (Wildman–Crippen LogP) is 1.69. The number of hydrogen-bond donors (Lipinski definition) is 2. The zero-order chi connectivity index (χ0) is 14.7. The molecule has 0 atom stereocenters. The number of amides is 1. The molecule has 22 heavy (non-hydrogen) atoms. The molecule has 1 amide bonds. The molecule has 2 aromatic rings. The molecular formula is C14H16Cl2N4O2. The van der Waals surface area contributed by atoms with Crippen LogP contribution in [0.25, 0.3) is 11.4 Å². The molecule has 1 aliphatic rings. The van der Waals surface area contributed by atoms with Gasteiger partial charge in [-0.1, -0.05) is 16.8 Å². The Balaban J connectivity index is 0.00000176. The van der Waals surface area contributed by atoms with E-state index in [4.69, 9.17) is 16.1 Å². The van der Waals surface area contributed by atoms with E-state index in [0.29, 0.717) is 29.7 Å². The molecular weight excluding hydrogens is 327 g/mol. The van der Waals surface area contributed by atoms with Crippen LogP contribution in [0.15, 0.2) is 28.8 Å². The van der Waals surface area contributed by atoms with Crippen molar-refractivity contribution in [2.75, 3.05) is 19.6 Å². The van der Waals surface area contributed by atoms with E-state index in [9.17, 15) is 4.79 Å². The van der Waals surface area contributed by atoms with Crippen LogP contribution in [0.3, 0.4) is 0 Å². The summed E-state index contributed by atoms with van der Waals surface area (Å²) in [6.45, 7) is 2.01. The second-order valence-corrected chi connectivity index (χ2v) is 5.35. The van der Waals surface area contributed by atoms with Gasteiger partial charge in [-0.2, -0.15) is 4.98 Å². The number of halogens is 2. The third-order valence-corrected chi connectivity index (χ3v) is 3.61. The summed E-state index contributed by atoms with van der Waals surface area (Å²) in [6.07, 6.45) is 0.520. The van der Waals surface area contributed by atoms with Crippen molar-refractivity contribution in [1.82, 2.24) is 20.8 Å². The maximum Gasteiger partial charge on any atom is 0.228 e. The van der Waals surface area contributed by atoms with E-state index >= 15 is 0 Å². The lowest BCUT2D eigenvalue weighted by molar-refractivity contribution is -0.126. The standard InChI is InChI=1S/C14H15ClN4O2.ClH/c15-11-3-1-9(2-4-11)13-18-12(21-19-13)5-6-17-14(20)10-7-16-8-10;/h1-4,10,16H,5-8H2,(H,17,20);1H. The number of rotatable bonds is 5. The summed E-state index contributed by atoms with van der Waals surface area (Å²) >= 11 is 5.84. The molecule has 0 bridgehead atoms. The fourth-order valence-electron chi connectivity index (χ4n) is 1.98. The summed E-state index contributed by atoms with van der Waals surface area (Å²) in [7, 11) is 0. The van der Waals surface area contributed by atoms with Gasteiger partial charge in [0.1, 0.15) is 0 Å². The van der Waals surface area contributed by atoms with Crippen LogP contribution in [0.2, 0.25) is 5.02 Å². The monoisotopic (exact) mass is 342 g/mol.